The number of anilines is 1. The van der Waals surface area contributed by atoms with Gasteiger partial charge < -0.3 is 4.74 Å². The largest absolute Gasteiger partial charge is 0.483 e. The summed E-state index contributed by atoms with van der Waals surface area (Å²) in [6.45, 7) is 3.87. The first kappa shape index (κ1) is 14.8. The highest BCUT2D eigenvalue weighted by molar-refractivity contribution is 8.00. The van der Waals surface area contributed by atoms with E-state index in [2.05, 4.69) is 15.5 Å². The third-order valence-corrected chi connectivity index (χ3v) is 4.40. The van der Waals surface area contributed by atoms with E-state index in [1.54, 1.807) is 0 Å². The second-order valence-electron chi connectivity index (χ2n) is 4.14. The number of thioether (sulfide) groups is 1. The van der Waals surface area contributed by atoms with Crippen molar-refractivity contribution in [2.24, 2.45) is 0 Å². The van der Waals surface area contributed by atoms with Gasteiger partial charge in [-0.05, 0) is 31.2 Å². The Bertz CT molecular complexity index is 593. The van der Waals surface area contributed by atoms with Crippen LogP contribution in [0.25, 0.3) is 0 Å². The molecule has 1 aromatic heterocycles. The van der Waals surface area contributed by atoms with Gasteiger partial charge in [0.15, 0.2) is 10.9 Å². The minimum absolute atomic E-state index is 0.0418. The van der Waals surface area contributed by atoms with Crippen LogP contribution in [0.2, 0.25) is 0 Å². The molecule has 0 aliphatic heterocycles. The van der Waals surface area contributed by atoms with E-state index in [1.807, 2.05) is 38.3 Å². The Balaban J connectivity index is 1.92. The average Bonchev–Trinajstić information content (AvgIpc) is 2.86. The van der Waals surface area contributed by atoms with Gasteiger partial charge in [-0.2, -0.15) is 0 Å². The van der Waals surface area contributed by atoms with Crippen molar-refractivity contribution in [1.82, 2.24) is 10.2 Å². The van der Waals surface area contributed by atoms with Crippen molar-refractivity contribution in [3.63, 3.8) is 0 Å². The van der Waals surface area contributed by atoms with E-state index in [0.29, 0.717) is 5.13 Å². The number of benzene rings is 1. The molecule has 0 aliphatic carbocycles. The molecule has 1 N–H and O–H groups in total. The first-order valence-corrected chi connectivity index (χ1v) is 8.00. The molecule has 0 atom stereocenters. The molecule has 1 heterocycles. The predicted molar refractivity (Wildman–Crippen MR) is 81.7 cm³/mol. The van der Waals surface area contributed by atoms with Crippen LogP contribution in [-0.4, -0.2) is 29.0 Å². The lowest BCUT2D eigenvalue weighted by Gasteiger charge is -2.11. The normalized spacial score (nSPS) is 10.3. The van der Waals surface area contributed by atoms with Crippen LogP contribution in [-0.2, 0) is 4.79 Å². The SMILES string of the molecule is CSc1nnc(NC(=O)COc2c(C)cccc2C)s1. The summed E-state index contributed by atoms with van der Waals surface area (Å²) in [4.78, 5) is 11.8. The van der Waals surface area contributed by atoms with Crippen molar-refractivity contribution in [2.45, 2.75) is 18.2 Å². The van der Waals surface area contributed by atoms with Crippen LogP contribution in [0.4, 0.5) is 5.13 Å². The summed E-state index contributed by atoms with van der Waals surface area (Å²) in [6, 6.07) is 5.87. The molecular weight excluding hydrogens is 294 g/mol. The van der Waals surface area contributed by atoms with Gasteiger partial charge in [0.05, 0.1) is 0 Å². The fourth-order valence-corrected chi connectivity index (χ4v) is 2.85. The first-order valence-electron chi connectivity index (χ1n) is 5.96. The summed E-state index contributed by atoms with van der Waals surface area (Å²) in [7, 11) is 0. The molecule has 2 aromatic rings. The number of aryl methyl sites for hydroxylation is 2. The summed E-state index contributed by atoms with van der Waals surface area (Å²) in [5.41, 5.74) is 2.02. The highest BCUT2D eigenvalue weighted by Gasteiger charge is 2.10. The number of rotatable bonds is 5. The van der Waals surface area contributed by atoms with Gasteiger partial charge in [0.1, 0.15) is 5.75 Å². The Labute approximate surface area is 125 Å². The van der Waals surface area contributed by atoms with Crippen molar-refractivity contribution in [2.75, 3.05) is 18.2 Å². The standard InChI is InChI=1S/C13H15N3O2S2/c1-8-5-4-6-9(2)11(8)18-7-10(17)14-12-15-16-13(19-3)20-12/h4-6H,7H2,1-3H3,(H,14,15,17). The van der Waals surface area contributed by atoms with Gasteiger partial charge in [-0.3, -0.25) is 10.1 Å². The number of amides is 1. The van der Waals surface area contributed by atoms with E-state index in [0.717, 1.165) is 21.2 Å². The molecule has 1 aromatic carbocycles. The zero-order valence-corrected chi connectivity index (χ0v) is 13.1. The average molecular weight is 309 g/mol. The van der Waals surface area contributed by atoms with Crippen LogP contribution in [0.15, 0.2) is 22.5 Å². The van der Waals surface area contributed by atoms with Crippen LogP contribution >= 0.6 is 23.1 Å². The Kier molecular flexibility index (Phi) is 4.97. The molecular formula is C13H15N3O2S2. The Morgan fingerprint density at radius 3 is 2.65 bits per heavy atom. The number of hydrogen-bond donors (Lipinski definition) is 1. The molecule has 0 saturated carbocycles. The predicted octanol–water partition coefficient (Wildman–Crippen LogP) is 2.89. The van der Waals surface area contributed by atoms with E-state index in [-0.39, 0.29) is 12.5 Å². The Hall–Kier alpha value is -1.60. The van der Waals surface area contributed by atoms with Gasteiger partial charge in [-0.25, -0.2) is 0 Å². The summed E-state index contributed by atoms with van der Waals surface area (Å²) in [6.07, 6.45) is 1.91. The molecule has 0 spiro atoms. The fraction of sp³-hybridized carbons (Fsp3) is 0.308. The minimum atomic E-state index is -0.239. The lowest BCUT2D eigenvalue weighted by molar-refractivity contribution is -0.118. The maximum absolute atomic E-state index is 11.8. The van der Waals surface area contributed by atoms with Crippen molar-refractivity contribution < 1.29 is 9.53 Å². The van der Waals surface area contributed by atoms with Gasteiger partial charge in [-0.1, -0.05) is 41.3 Å². The zero-order valence-electron chi connectivity index (χ0n) is 11.5. The summed E-state index contributed by atoms with van der Waals surface area (Å²) >= 11 is 2.84. The van der Waals surface area contributed by atoms with E-state index < -0.39 is 0 Å². The maximum atomic E-state index is 11.8. The fourth-order valence-electron chi connectivity index (χ4n) is 1.66. The van der Waals surface area contributed by atoms with Crippen molar-refractivity contribution in [1.29, 1.82) is 0 Å². The molecule has 5 nitrogen and oxygen atoms in total. The lowest BCUT2D eigenvalue weighted by Crippen LogP contribution is -2.20. The summed E-state index contributed by atoms with van der Waals surface area (Å²) in [5, 5.41) is 11.0. The zero-order chi connectivity index (χ0) is 14.5. The number of para-hydroxylation sites is 1. The first-order chi connectivity index (χ1) is 9.60. The van der Waals surface area contributed by atoms with Crippen molar-refractivity contribution in [3.05, 3.63) is 29.3 Å². The highest BCUT2D eigenvalue weighted by Crippen LogP contribution is 2.24. The molecule has 0 radical (unpaired) electrons. The Morgan fingerprint density at radius 1 is 1.35 bits per heavy atom. The number of nitrogens with zero attached hydrogens (tertiary/aromatic N) is 2. The van der Waals surface area contributed by atoms with Gasteiger partial charge in [0.2, 0.25) is 5.13 Å². The molecule has 0 fully saturated rings. The van der Waals surface area contributed by atoms with Crippen LogP contribution in [0.1, 0.15) is 11.1 Å². The lowest BCUT2D eigenvalue weighted by atomic mass is 10.1. The number of carbonyl (C=O) groups excluding carboxylic acids is 1. The number of carbonyl (C=O) groups is 1. The molecule has 0 saturated heterocycles. The molecule has 2 rings (SSSR count). The third-order valence-electron chi connectivity index (χ3n) is 2.58. The van der Waals surface area contributed by atoms with Crippen LogP contribution in [0.5, 0.6) is 5.75 Å². The summed E-state index contributed by atoms with van der Waals surface area (Å²) in [5.74, 6) is 0.515. The molecule has 0 bridgehead atoms. The summed E-state index contributed by atoms with van der Waals surface area (Å²) < 4.78 is 6.39. The van der Waals surface area contributed by atoms with Gasteiger partial charge in [0, 0.05) is 0 Å². The molecule has 106 valence electrons. The number of aromatic nitrogens is 2. The number of ether oxygens (including phenoxy) is 1. The smallest absolute Gasteiger partial charge is 0.264 e. The van der Waals surface area contributed by atoms with Crippen LogP contribution in [0.3, 0.4) is 0 Å². The Morgan fingerprint density at radius 2 is 2.05 bits per heavy atom. The van der Waals surface area contributed by atoms with Crippen LogP contribution in [0, 0.1) is 13.8 Å². The van der Waals surface area contributed by atoms with E-state index in [4.69, 9.17) is 4.74 Å². The molecule has 1 amide bonds. The van der Waals surface area contributed by atoms with E-state index in [9.17, 15) is 4.79 Å². The van der Waals surface area contributed by atoms with Crippen LogP contribution < -0.4 is 10.1 Å². The molecule has 0 unspecified atom stereocenters. The highest BCUT2D eigenvalue weighted by atomic mass is 32.2. The quantitative estimate of drug-likeness (QED) is 0.679. The van der Waals surface area contributed by atoms with E-state index >= 15 is 0 Å². The second kappa shape index (κ2) is 6.71. The van der Waals surface area contributed by atoms with Gasteiger partial charge in [0.25, 0.3) is 5.91 Å². The van der Waals surface area contributed by atoms with Gasteiger partial charge >= 0.3 is 0 Å². The van der Waals surface area contributed by atoms with Crippen molar-refractivity contribution in [3.8, 4) is 5.75 Å². The van der Waals surface area contributed by atoms with Crippen molar-refractivity contribution >= 4 is 34.1 Å². The molecule has 7 heteroatoms. The maximum Gasteiger partial charge on any atom is 0.264 e. The van der Waals surface area contributed by atoms with E-state index in [1.165, 1.54) is 23.1 Å². The van der Waals surface area contributed by atoms with Gasteiger partial charge in [-0.15, -0.1) is 10.2 Å². The third kappa shape index (κ3) is 3.71. The topological polar surface area (TPSA) is 64.1 Å². The minimum Gasteiger partial charge on any atom is -0.483 e. The molecule has 20 heavy (non-hydrogen) atoms. The monoisotopic (exact) mass is 309 g/mol. The number of hydrogen-bond acceptors (Lipinski definition) is 6. The second-order valence-corrected chi connectivity index (χ2v) is 6.17. The number of nitrogens with one attached hydrogen (secondary N) is 1. The molecule has 0 aliphatic rings.